The van der Waals surface area contributed by atoms with Crippen molar-refractivity contribution < 1.29 is 9.78 Å². The Labute approximate surface area is 129 Å². The van der Waals surface area contributed by atoms with Gasteiger partial charge in [-0.1, -0.05) is 56.5 Å². The fraction of sp³-hybridized carbons (Fsp3) is 0.474. The number of allylic oxidation sites excluding steroid dienone is 5. The topological polar surface area (TPSA) is 18.5 Å². The lowest BCUT2D eigenvalue weighted by atomic mass is 9.83. The summed E-state index contributed by atoms with van der Waals surface area (Å²) in [6, 6.07) is 0. The van der Waals surface area contributed by atoms with Crippen LogP contribution < -0.4 is 0 Å². The van der Waals surface area contributed by atoms with Crippen molar-refractivity contribution in [2.75, 3.05) is 0 Å². The Kier molecular flexibility index (Phi) is 5.94. The highest BCUT2D eigenvalue weighted by Gasteiger charge is 2.33. The molecule has 0 fully saturated rings. The molecule has 21 heavy (non-hydrogen) atoms. The minimum absolute atomic E-state index is 0.458. The van der Waals surface area contributed by atoms with Crippen LogP contribution in [0.15, 0.2) is 60.8 Å². The zero-order valence-corrected chi connectivity index (χ0v) is 14.0. The average molecular weight is 288 g/mol. The monoisotopic (exact) mass is 288 g/mol. The molecule has 0 aromatic rings. The smallest absolute Gasteiger partial charge is 0.123 e. The fourth-order valence-electron chi connectivity index (χ4n) is 2.49. The molecule has 0 amide bonds. The molecule has 0 aliphatic heterocycles. The van der Waals surface area contributed by atoms with Crippen molar-refractivity contribution in [3.05, 3.63) is 60.8 Å². The van der Waals surface area contributed by atoms with Gasteiger partial charge in [-0.05, 0) is 51.2 Å². The Morgan fingerprint density at radius 1 is 1.24 bits per heavy atom. The summed E-state index contributed by atoms with van der Waals surface area (Å²) in [6.07, 6.45) is 12.8. The lowest BCUT2D eigenvalue weighted by Gasteiger charge is -2.35. The van der Waals surface area contributed by atoms with Crippen LogP contribution in [-0.2, 0) is 9.78 Å². The number of rotatable bonds is 7. The molecule has 1 aliphatic rings. The molecule has 1 rings (SSSR count). The molecule has 2 nitrogen and oxygen atoms in total. The van der Waals surface area contributed by atoms with E-state index in [0.29, 0.717) is 5.92 Å². The third-order valence-corrected chi connectivity index (χ3v) is 3.80. The summed E-state index contributed by atoms with van der Waals surface area (Å²) in [6.45, 7) is 17.7. The van der Waals surface area contributed by atoms with Crippen molar-refractivity contribution in [2.24, 2.45) is 5.92 Å². The van der Waals surface area contributed by atoms with Gasteiger partial charge in [-0.25, -0.2) is 9.78 Å². The van der Waals surface area contributed by atoms with Crippen LogP contribution in [0.3, 0.4) is 0 Å². The predicted molar refractivity (Wildman–Crippen MR) is 89.8 cm³/mol. The fourth-order valence-corrected chi connectivity index (χ4v) is 2.49. The summed E-state index contributed by atoms with van der Waals surface area (Å²) in [5.41, 5.74) is 1.12. The zero-order valence-electron chi connectivity index (χ0n) is 14.0. The Balaban J connectivity index is 2.83. The van der Waals surface area contributed by atoms with Gasteiger partial charge in [0.1, 0.15) is 11.2 Å². The van der Waals surface area contributed by atoms with Gasteiger partial charge >= 0.3 is 0 Å². The average Bonchev–Trinajstić information content (AvgIpc) is 2.43. The van der Waals surface area contributed by atoms with E-state index in [0.717, 1.165) is 12.0 Å². The van der Waals surface area contributed by atoms with Crippen molar-refractivity contribution in [3.63, 3.8) is 0 Å². The first-order valence-corrected chi connectivity index (χ1v) is 7.44. The lowest BCUT2D eigenvalue weighted by molar-refractivity contribution is -0.384. The molecule has 0 saturated heterocycles. The van der Waals surface area contributed by atoms with Crippen molar-refractivity contribution in [2.45, 2.75) is 52.2 Å². The summed E-state index contributed by atoms with van der Waals surface area (Å²) in [5.74, 6) is 0.458. The predicted octanol–water partition coefficient (Wildman–Crippen LogP) is 5.31. The highest BCUT2D eigenvalue weighted by molar-refractivity contribution is 5.29. The third kappa shape index (κ3) is 4.55. The minimum Gasteiger partial charge on any atom is -0.225 e. The van der Waals surface area contributed by atoms with E-state index in [1.165, 1.54) is 5.57 Å². The summed E-state index contributed by atoms with van der Waals surface area (Å²) in [5, 5.41) is 0. The number of hydrogen-bond acceptors (Lipinski definition) is 2. The molecule has 0 heterocycles. The first-order chi connectivity index (χ1) is 9.74. The van der Waals surface area contributed by atoms with E-state index in [9.17, 15) is 0 Å². The molecule has 0 radical (unpaired) electrons. The van der Waals surface area contributed by atoms with Gasteiger partial charge in [-0.2, -0.15) is 0 Å². The Hall–Kier alpha value is -1.38. The van der Waals surface area contributed by atoms with E-state index in [1.54, 1.807) is 12.2 Å². The number of hydrogen-bond donors (Lipinski definition) is 0. The molecule has 0 saturated carbocycles. The second-order valence-corrected chi connectivity index (χ2v) is 6.44. The normalized spacial score (nSPS) is 20.1. The summed E-state index contributed by atoms with van der Waals surface area (Å²) in [4.78, 5) is 11.6. The maximum Gasteiger partial charge on any atom is 0.123 e. The van der Waals surface area contributed by atoms with Gasteiger partial charge in [-0.15, -0.1) is 0 Å². The van der Waals surface area contributed by atoms with Gasteiger partial charge in [0, 0.05) is 0 Å². The molecule has 0 aromatic carbocycles. The van der Waals surface area contributed by atoms with E-state index in [4.69, 9.17) is 9.78 Å². The zero-order chi connectivity index (χ0) is 16.1. The minimum atomic E-state index is -0.582. The van der Waals surface area contributed by atoms with E-state index in [1.807, 2.05) is 33.8 Å². The summed E-state index contributed by atoms with van der Waals surface area (Å²) in [7, 11) is 0. The van der Waals surface area contributed by atoms with Crippen LogP contribution in [0.25, 0.3) is 0 Å². The lowest BCUT2D eigenvalue weighted by Crippen LogP contribution is -2.36. The first-order valence-electron chi connectivity index (χ1n) is 7.44. The first kappa shape index (κ1) is 17.7. The SMILES string of the molecule is C=C/C=C(\C=C)C(C)(C)OOC(C)(C)C1=CC=CCC1C. The van der Waals surface area contributed by atoms with Gasteiger partial charge in [0.05, 0.1) is 0 Å². The highest BCUT2D eigenvalue weighted by Crippen LogP contribution is 2.34. The quantitative estimate of drug-likeness (QED) is 0.359. The second-order valence-electron chi connectivity index (χ2n) is 6.44. The van der Waals surface area contributed by atoms with Crippen LogP contribution in [0.2, 0.25) is 0 Å². The van der Waals surface area contributed by atoms with Crippen LogP contribution in [0, 0.1) is 5.92 Å². The molecule has 0 N–H and O–H groups in total. The maximum atomic E-state index is 5.81. The highest BCUT2D eigenvalue weighted by atomic mass is 17.2. The van der Waals surface area contributed by atoms with Gasteiger partial charge in [-0.3, -0.25) is 0 Å². The standard InChI is InChI=1S/C19H28O2/c1-8-12-16(9-2)18(4,5)20-21-19(6,7)17-14-11-10-13-15(17)3/h8-12,14-15H,1-2,13H2,3-7H3/b16-12+. The van der Waals surface area contributed by atoms with Gasteiger partial charge in [0.15, 0.2) is 0 Å². The molecule has 0 bridgehead atoms. The molecule has 1 atom stereocenters. The van der Waals surface area contributed by atoms with Crippen molar-refractivity contribution in [1.29, 1.82) is 0 Å². The van der Waals surface area contributed by atoms with Crippen molar-refractivity contribution >= 4 is 0 Å². The summed E-state index contributed by atoms with van der Waals surface area (Å²) < 4.78 is 0. The molecule has 116 valence electrons. The van der Waals surface area contributed by atoms with Crippen LogP contribution in [0.5, 0.6) is 0 Å². The molecule has 0 aromatic heterocycles. The maximum absolute atomic E-state index is 5.81. The molecule has 1 aliphatic carbocycles. The van der Waals surface area contributed by atoms with Gasteiger partial charge in [0.2, 0.25) is 0 Å². The largest absolute Gasteiger partial charge is 0.225 e. The Morgan fingerprint density at radius 2 is 1.90 bits per heavy atom. The van der Waals surface area contributed by atoms with Crippen LogP contribution in [0.4, 0.5) is 0 Å². The van der Waals surface area contributed by atoms with E-state index in [2.05, 4.69) is 38.3 Å². The molecule has 1 unspecified atom stereocenters. The van der Waals surface area contributed by atoms with Crippen LogP contribution in [0.1, 0.15) is 41.0 Å². The molecule has 0 spiro atoms. The second kappa shape index (κ2) is 7.06. The molecular formula is C19H28O2. The molecule has 2 heteroatoms. The third-order valence-electron chi connectivity index (χ3n) is 3.80. The van der Waals surface area contributed by atoms with E-state index < -0.39 is 11.2 Å². The van der Waals surface area contributed by atoms with E-state index in [-0.39, 0.29) is 0 Å². The van der Waals surface area contributed by atoms with Crippen molar-refractivity contribution in [1.82, 2.24) is 0 Å². The Morgan fingerprint density at radius 3 is 2.43 bits per heavy atom. The Bertz CT molecular complexity index is 476. The summed E-state index contributed by atoms with van der Waals surface area (Å²) >= 11 is 0. The van der Waals surface area contributed by atoms with Gasteiger partial charge < -0.3 is 0 Å². The van der Waals surface area contributed by atoms with Gasteiger partial charge in [0.25, 0.3) is 0 Å². The van der Waals surface area contributed by atoms with Crippen LogP contribution in [-0.4, -0.2) is 11.2 Å². The van der Waals surface area contributed by atoms with Crippen LogP contribution >= 0.6 is 0 Å². The van der Waals surface area contributed by atoms with Crippen molar-refractivity contribution in [3.8, 4) is 0 Å². The molecular weight excluding hydrogens is 260 g/mol. The van der Waals surface area contributed by atoms with E-state index >= 15 is 0 Å².